The van der Waals surface area contributed by atoms with E-state index in [0.717, 1.165) is 0 Å². The van der Waals surface area contributed by atoms with Crippen LogP contribution >= 0.6 is 0 Å². The standard InChI is InChI=1S/C6H6O4/c7-5-3(9-5)1-2-4-6(8)10-4/h3-4H,1-2H2. The Labute approximate surface area is 57.1 Å². The van der Waals surface area contributed by atoms with Gasteiger partial charge in [0.1, 0.15) is 0 Å². The average Bonchev–Trinajstić information content (AvgIpc) is 2.71. The fourth-order valence-electron chi connectivity index (χ4n) is 0.869. The number of carbonyl (C=O) groups excluding carboxylic acids is 2. The van der Waals surface area contributed by atoms with Crippen molar-refractivity contribution >= 4 is 11.9 Å². The lowest BCUT2D eigenvalue weighted by atomic mass is 10.2. The van der Waals surface area contributed by atoms with Gasteiger partial charge < -0.3 is 9.47 Å². The Morgan fingerprint density at radius 3 is 1.50 bits per heavy atom. The zero-order valence-electron chi connectivity index (χ0n) is 5.20. The summed E-state index contributed by atoms with van der Waals surface area (Å²) in [6, 6.07) is 0. The first-order valence-electron chi connectivity index (χ1n) is 3.18. The molecule has 0 radical (unpaired) electrons. The van der Waals surface area contributed by atoms with Gasteiger partial charge in [0.05, 0.1) is 0 Å². The molecular formula is C6H6O4. The number of hydrogen-bond donors (Lipinski definition) is 0. The summed E-state index contributed by atoms with van der Waals surface area (Å²) < 4.78 is 9.05. The first-order chi connectivity index (χ1) is 4.77. The van der Waals surface area contributed by atoms with Gasteiger partial charge in [0.15, 0.2) is 12.2 Å². The number of ether oxygens (including phenoxy) is 2. The molecule has 0 saturated carbocycles. The van der Waals surface area contributed by atoms with Crippen molar-refractivity contribution in [3.63, 3.8) is 0 Å². The maximum absolute atomic E-state index is 10.3. The fourth-order valence-corrected chi connectivity index (χ4v) is 0.869. The third-order valence-electron chi connectivity index (χ3n) is 1.62. The summed E-state index contributed by atoms with van der Waals surface area (Å²) in [5.41, 5.74) is 0. The Balaban J connectivity index is 1.65. The van der Waals surface area contributed by atoms with E-state index in [2.05, 4.69) is 9.47 Å². The first kappa shape index (κ1) is 5.70. The molecule has 10 heavy (non-hydrogen) atoms. The van der Waals surface area contributed by atoms with Crippen molar-refractivity contribution in [3.8, 4) is 0 Å². The molecule has 2 unspecified atom stereocenters. The maximum Gasteiger partial charge on any atom is 0.348 e. The Kier molecular flexibility index (Phi) is 0.977. The topological polar surface area (TPSA) is 59.2 Å². The van der Waals surface area contributed by atoms with Crippen LogP contribution in [-0.4, -0.2) is 24.1 Å². The summed E-state index contributed by atoms with van der Waals surface area (Å²) in [4.78, 5) is 20.5. The highest BCUT2D eigenvalue weighted by Gasteiger charge is 2.43. The molecular weight excluding hydrogens is 136 g/mol. The summed E-state index contributed by atoms with van der Waals surface area (Å²) in [6.07, 6.45) is 0.763. The number of cyclic esters (lactones) is 2. The molecule has 4 heteroatoms. The van der Waals surface area contributed by atoms with Crippen molar-refractivity contribution in [1.82, 2.24) is 0 Å². The summed E-state index contributed by atoms with van der Waals surface area (Å²) in [5, 5.41) is 0. The van der Waals surface area contributed by atoms with Gasteiger partial charge in [0.25, 0.3) is 0 Å². The van der Waals surface area contributed by atoms with E-state index in [1.807, 2.05) is 0 Å². The molecule has 2 heterocycles. The maximum atomic E-state index is 10.3. The summed E-state index contributed by atoms with van der Waals surface area (Å²) in [7, 11) is 0. The normalized spacial score (nSPS) is 34.8. The molecule has 0 bridgehead atoms. The second kappa shape index (κ2) is 1.71. The zero-order valence-corrected chi connectivity index (χ0v) is 5.20. The van der Waals surface area contributed by atoms with Crippen LogP contribution in [0.4, 0.5) is 0 Å². The second-order valence-electron chi connectivity index (χ2n) is 2.43. The van der Waals surface area contributed by atoms with Gasteiger partial charge in [-0.1, -0.05) is 0 Å². The van der Waals surface area contributed by atoms with Crippen molar-refractivity contribution in [3.05, 3.63) is 0 Å². The monoisotopic (exact) mass is 142 g/mol. The Hall–Kier alpha value is -1.06. The van der Waals surface area contributed by atoms with E-state index in [1.165, 1.54) is 0 Å². The molecule has 54 valence electrons. The highest BCUT2D eigenvalue weighted by atomic mass is 16.6. The fraction of sp³-hybridized carbons (Fsp3) is 0.667. The van der Waals surface area contributed by atoms with E-state index in [4.69, 9.17) is 0 Å². The lowest BCUT2D eigenvalue weighted by Crippen LogP contribution is -1.93. The summed E-state index contributed by atoms with van der Waals surface area (Å²) >= 11 is 0. The van der Waals surface area contributed by atoms with Crippen LogP contribution in [0.1, 0.15) is 12.8 Å². The molecule has 4 nitrogen and oxygen atoms in total. The van der Waals surface area contributed by atoms with Crippen LogP contribution in [0.2, 0.25) is 0 Å². The van der Waals surface area contributed by atoms with Crippen molar-refractivity contribution in [2.45, 2.75) is 25.0 Å². The molecule has 2 saturated heterocycles. The first-order valence-corrected chi connectivity index (χ1v) is 3.18. The zero-order chi connectivity index (χ0) is 7.14. The average molecular weight is 142 g/mol. The SMILES string of the molecule is O=C1OC1CCC1OC1=O. The van der Waals surface area contributed by atoms with Gasteiger partial charge in [-0.3, -0.25) is 0 Å². The molecule has 0 aliphatic carbocycles. The Morgan fingerprint density at radius 1 is 1.00 bits per heavy atom. The Bertz CT molecular complexity index is 176. The molecule has 0 spiro atoms. The van der Waals surface area contributed by atoms with Crippen molar-refractivity contribution in [2.24, 2.45) is 0 Å². The molecule has 2 fully saturated rings. The van der Waals surface area contributed by atoms with Gasteiger partial charge >= 0.3 is 11.9 Å². The van der Waals surface area contributed by atoms with E-state index < -0.39 is 0 Å². The smallest absolute Gasteiger partial charge is 0.348 e. The molecule has 0 amide bonds. The van der Waals surface area contributed by atoms with E-state index in [1.54, 1.807) is 0 Å². The predicted molar refractivity (Wildman–Crippen MR) is 29.0 cm³/mol. The lowest BCUT2D eigenvalue weighted by molar-refractivity contribution is -0.118. The van der Waals surface area contributed by atoms with E-state index in [-0.39, 0.29) is 24.1 Å². The van der Waals surface area contributed by atoms with Crippen LogP contribution in [0.25, 0.3) is 0 Å². The molecule has 0 aromatic carbocycles. The highest BCUT2D eigenvalue weighted by molar-refractivity contribution is 5.88. The van der Waals surface area contributed by atoms with Gasteiger partial charge in [-0.15, -0.1) is 0 Å². The van der Waals surface area contributed by atoms with Crippen LogP contribution in [0, 0.1) is 0 Å². The van der Waals surface area contributed by atoms with Crippen LogP contribution < -0.4 is 0 Å². The summed E-state index contributed by atoms with van der Waals surface area (Å²) in [5.74, 6) is -0.318. The molecule has 0 aromatic rings. The lowest BCUT2D eigenvalue weighted by Gasteiger charge is -1.82. The van der Waals surface area contributed by atoms with E-state index in [9.17, 15) is 9.59 Å². The molecule has 0 aromatic heterocycles. The van der Waals surface area contributed by atoms with Crippen LogP contribution in [-0.2, 0) is 19.1 Å². The minimum absolute atomic E-state index is 0.159. The van der Waals surface area contributed by atoms with Gasteiger partial charge in [-0.25, -0.2) is 9.59 Å². The van der Waals surface area contributed by atoms with Gasteiger partial charge in [-0.2, -0.15) is 0 Å². The molecule has 2 rings (SSSR count). The van der Waals surface area contributed by atoms with Crippen LogP contribution in [0.5, 0.6) is 0 Å². The highest BCUT2D eigenvalue weighted by Crippen LogP contribution is 2.24. The van der Waals surface area contributed by atoms with Gasteiger partial charge in [0.2, 0.25) is 0 Å². The summed E-state index contributed by atoms with van der Waals surface area (Å²) in [6.45, 7) is 0. The quantitative estimate of drug-likeness (QED) is 0.504. The minimum Gasteiger partial charge on any atom is -0.448 e. The van der Waals surface area contributed by atoms with Crippen molar-refractivity contribution in [1.29, 1.82) is 0 Å². The third-order valence-corrected chi connectivity index (χ3v) is 1.62. The predicted octanol–water partition coefficient (Wildman–Crippen LogP) is -0.383. The number of epoxide rings is 2. The second-order valence-corrected chi connectivity index (χ2v) is 2.43. The van der Waals surface area contributed by atoms with Gasteiger partial charge in [0, 0.05) is 0 Å². The number of carbonyl (C=O) groups is 2. The molecule has 2 atom stereocenters. The van der Waals surface area contributed by atoms with E-state index >= 15 is 0 Å². The molecule has 2 aliphatic heterocycles. The van der Waals surface area contributed by atoms with Crippen LogP contribution in [0.3, 0.4) is 0 Å². The number of hydrogen-bond acceptors (Lipinski definition) is 4. The molecule has 2 aliphatic rings. The molecule has 0 N–H and O–H groups in total. The van der Waals surface area contributed by atoms with Gasteiger partial charge in [-0.05, 0) is 12.8 Å². The largest absolute Gasteiger partial charge is 0.448 e. The third kappa shape index (κ3) is 0.964. The number of rotatable bonds is 3. The van der Waals surface area contributed by atoms with Crippen LogP contribution in [0.15, 0.2) is 0 Å². The van der Waals surface area contributed by atoms with E-state index in [0.29, 0.717) is 12.8 Å². The Morgan fingerprint density at radius 2 is 1.30 bits per heavy atom. The van der Waals surface area contributed by atoms with Crippen molar-refractivity contribution in [2.75, 3.05) is 0 Å². The minimum atomic E-state index is -0.239. The van der Waals surface area contributed by atoms with Crippen molar-refractivity contribution < 1.29 is 19.1 Å².